The first-order valence-electron chi connectivity index (χ1n) is 8.63. The molecule has 0 aliphatic heterocycles. The molecule has 2 N–H and O–H groups in total. The van der Waals surface area contributed by atoms with Gasteiger partial charge in [-0.2, -0.15) is 0 Å². The molecule has 26 heavy (non-hydrogen) atoms. The average molecular weight is 356 g/mol. The minimum absolute atomic E-state index is 0.0698. The van der Waals surface area contributed by atoms with Gasteiger partial charge >= 0.3 is 0 Å². The van der Waals surface area contributed by atoms with Crippen LogP contribution in [-0.2, 0) is 9.59 Å². The van der Waals surface area contributed by atoms with E-state index < -0.39 is 0 Å². The van der Waals surface area contributed by atoms with Crippen LogP contribution >= 0.6 is 0 Å². The third kappa shape index (κ3) is 3.45. The summed E-state index contributed by atoms with van der Waals surface area (Å²) in [5, 5.41) is 0. The molecule has 4 nitrogen and oxygen atoms in total. The number of halogens is 2. The summed E-state index contributed by atoms with van der Waals surface area (Å²) < 4.78 is 25.9. The van der Waals surface area contributed by atoms with E-state index >= 15 is 0 Å². The lowest BCUT2D eigenvalue weighted by Gasteiger charge is -2.07. The zero-order valence-corrected chi connectivity index (χ0v) is 13.9. The molecule has 134 valence electrons. The zero-order chi connectivity index (χ0) is 18.3. The van der Waals surface area contributed by atoms with E-state index in [1.165, 1.54) is 24.3 Å². The smallest absolute Gasteiger partial charge is 0.242 e. The van der Waals surface area contributed by atoms with E-state index in [0.717, 1.165) is 11.1 Å². The molecule has 2 amide bonds. The summed E-state index contributed by atoms with van der Waals surface area (Å²) in [4.78, 5) is 24.3. The van der Waals surface area contributed by atoms with Crippen LogP contribution in [0.2, 0.25) is 0 Å². The third-order valence-corrected chi connectivity index (χ3v) is 5.16. The maximum absolute atomic E-state index is 12.9. The maximum atomic E-state index is 12.9. The van der Waals surface area contributed by atoms with Gasteiger partial charge in [-0.15, -0.1) is 0 Å². The Balaban J connectivity index is 1.25. The van der Waals surface area contributed by atoms with Gasteiger partial charge in [0.15, 0.2) is 0 Å². The lowest BCUT2D eigenvalue weighted by molar-refractivity contribution is -0.130. The van der Waals surface area contributed by atoms with E-state index in [1.807, 2.05) is 0 Å². The summed E-state index contributed by atoms with van der Waals surface area (Å²) in [6.07, 6.45) is 1.38. The summed E-state index contributed by atoms with van der Waals surface area (Å²) in [6.45, 7) is 0. The molecule has 2 aromatic rings. The largest absolute Gasteiger partial charge is 0.273 e. The number of rotatable bonds is 4. The minimum Gasteiger partial charge on any atom is -0.273 e. The van der Waals surface area contributed by atoms with Gasteiger partial charge in [-0.05, 0) is 60.1 Å². The quantitative estimate of drug-likeness (QED) is 0.828. The topological polar surface area (TPSA) is 58.2 Å². The van der Waals surface area contributed by atoms with Crippen LogP contribution in [0.3, 0.4) is 0 Å². The van der Waals surface area contributed by atoms with E-state index in [0.29, 0.717) is 12.8 Å². The Hall–Kier alpha value is -2.76. The highest BCUT2D eigenvalue weighted by molar-refractivity contribution is 5.88. The molecular formula is C20H18F2N2O2. The molecule has 0 radical (unpaired) electrons. The van der Waals surface area contributed by atoms with Gasteiger partial charge in [0.05, 0.1) is 0 Å². The first-order valence-corrected chi connectivity index (χ1v) is 8.63. The van der Waals surface area contributed by atoms with Crippen LogP contribution in [0.5, 0.6) is 0 Å². The fourth-order valence-corrected chi connectivity index (χ4v) is 3.43. The number of carbonyl (C=O) groups is 2. The number of hydrazine groups is 1. The number of benzene rings is 2. The second-order valence-corrected chi connectivity index (χ2v) is 6.98. The van der Waals surface area contributed by atoms with Crippen molar-refractivity contribution in [1.29, 1.82) is 0 Å². The summed E-state index contributed by atoms with van der Waals surface area (Å²) >= 11 is 0. The Morgan fingerprint density at radius 1 is 0.692 bits per heavy atom. The molecular weight excluding hydrogens is 338 g/mol. The molecule has 2 fully saturated rings. The average Bonchev–Trinajstić information content (AvgIpc) is 3.53. The SMILES string of the molecule is O=C(NNC(=O)[C@@H]1C[C@@H]1c1ccc(F)cc1)[C@@H]1C[C@@H]1c1ccc(F)cc1. The highest BCUT2D eigenvalue weighted by Crippen LogP contribution is 2.48. The Bertz CT molecular complexity index is 764. The van der Waals surface area contributed by atoms with Crippen molar-refractivity contribution in [3.8, 4) is 0 Å². The van der Waals surface area contributed by atoms with Gasteiger partial charge in [0.1, 0.15) is 11.6 Å². The molecule has 4 atom stereocenters. The number of amides is 2. The minimum atomic E-state index is -0.303. The van der Waals surface area contributed by atoms with Crippen LogP contribution in [-0.4, -0.2) is 11.8 Å². The van der Waals surface area contributed by atoms with Gasteiger partial charge in [-0.3, -0.25) is 20.4 Å². The first kappa shape index (κ1) is 16.7. The molecule has 2 aliphatic carbocycles. The third-order valence-electron chi connectivity index (χ3n) is 5.16. The molecule has 0 heterocycles. The Labute approximate surface area is 149 Å². The highest BCUT2D eigenvalue weighted by atomic mass is 19.1. The van der Waals surface area contributed by atoms with Crippen LogP contribution in [0.15, 0.2) is 48.5 Å². The molecule has 0 bridgehead atoms. The molecule has 0 saturated heterocycles. The number of hydrogen-bond acceptors (Lipinski definition) is 2. The zero-order valence-electron chi connectivity index (χ0n) is 13.9. The summed E-state index contributed by atoms with van der Waals surface area (Å²) in [6, 6.07) is 12.3. The second-order valence-electron chi connectivity index (χ2n) is 6.98. The van der Waals surface area contributed by atoms with Gasteiger partial charge in [-0.25, -0.2) is 8.78 Å². The van der Waals surface area contributed by atoms with Crippen LogP contribution in [0, 0.1) is 23.5 Å². The van der Waals surface area contributed by atoms with Crippen molar-refractivity contribution >= 4 is 11.8 Å². The molecule has 2 aromatic carbocycles. The summed E-state index contributed by atoms with van der Waals surface area (Å²) in [7, 11) is 0. The van der Waals surface area contributed by atoms with E-state index in [4.69, 9.17) is 0 Å². The second kappa shape index (κ2) is 6.52. The van der Waals surface area contributed by atoms with E-state index in [-0.39, 0.29) is 47.1 Å². The number of hydrogen-bond donors (Lipinski definition) is 2. The molecule has 0 spiro atoms. The number of nitrogens with one attached hydrogen (secondary N) is 2. The van der Waals surface area contributed by atoms with Gasteiger partial charge in [0.2, 0.25) is 11.8 Å². The Morgan fingerprint density at radius 3 is 1.38 bits per heavy atom. The van der Waals surface area contributed by atoms with Crippen molar-refractivity contribution in [3.63, 3.8) is 0 Å². The fourth-order valence-electron chi connectivity index (χ4n) is 3.43. The van der Waals surface area contributed by atoms with Crippen molar-refractivity contribution in [2.24, 2.45) is 11.8 Å². The van der Waals surface area contributed by atoms with Crippen molar-refractivity contribution in [2.75, 3.05) is 0 Å². The van der Waals surface area contributed by atoms with Crippen LogP contribution < -0.4 is 10.9 Å². The van der Waals surface area contributed by atoms with Crippen LogP contribution in [0.1, 0.15) is 35.8 Å². The Morgan fingerprint density at radius 2 is 1.04 bits per heavy atom. The molecule has 2 saturated carbocycles. The maximum Gasteiger partial charge on any atom is 0.242 e. The standard InChI is InChI=1S/C20H18F2N2O2/c21-13-5-1-11(2-6-13)15-9-17(15)19(25)23-24-20(26)18-10-16(18)12-3-7-14(22)8-4-12/h1-8,15-18H,9-10H2,(H,23,25)(H,24,26)/t15-,16-,17-,18-/m1/s1. The summed E-state index contributed by atoms with van der Waals surface area (Å²) in [5.74, 6) is -1.33. The molecule has 0 unspecified atom stereocenters. The van der Waals surface area contributed by atoms with Gasteiger partial charge in [0.25, 0.3) is 0 Å². The predicted molar refractivity (Wildman–Crippen MR) is 90.8 cm³/mol. The predicted octanol–water partition coefficient (Wildman–Crippen LogP) is 3.02. The fraction of sp³-hybridized carbons (Fsp3) is 0.300. The molecule has 4 rings (SSSR count). The lowest BCUT2D eigenvalue weighted by atomic mass is 10.1. The molecule has 6 heteroatoms. The summed E-state index contributed by atoms with van der Waals surface area (Å²) in [5.41, 5.74) is 6.83. The Kier molecular flexibility index (Phi) is 4.18. The van der Waals surface area contributed by atoms with Crippen molar-refractivity contribution in [1.82, 2.24) is 10.9 Å². The monoisotopic (exact) mass is 356 g/mol. The van der Waals surface area contributed by atoms with Gasteiger partial charge < -0.3 is 0 Å². The van der Waals surface area contributed by atoms with Gasteiger partial charge in [0, 0.05) is 11.8 Å². The lowest BCUT2D eigenvalue weighted by Crippen LogP contribution is -2.43. The van der Waals surface area contributed by atoms with Crippen LogP contribution in [0.4, 0.5) is 8.78 Å². The highest BCUT2D eigenvalue weighted by Gasteiger charge is 2.46. The van der Waals surface area contributed by atoms with Crippen molar-refractivity contribution in [2.45, 2.75) is 24.7 Å². The van der Waals surface area contributed by atoms with E-state index in [9.17, 15) is 18.4 Å². The van der Waals surface area contributed by atoms with Crippen molar-refractivity contribution < 1.29 is 18.4 Å². The molecule has 0 aromatic heterocycles. The number of carbonyl (C=O) groups excluding carboxylic acids is 2. The molecule has 2 aliphatic rings. The first-order chi connectivity index (χ1) is 12.5. The van der Waals surface area contributed by atoms with E-state index in [1.54, 1.807) is 24.3 Å². The van der Waals surface area contributed by atoms with Crippen molar-refractivity contribution in [3.05, 3.63) is 71.3 Å². The normalized spacial score (nSPS) is 26.1. The van der Waals surface area contributed by atoms with Crippen LogP contribution in [0.25, 0.3) is 0 Å². The van der Waals surface area contributed by atoms with E-state index in [2.05, 4.69) is 10.9 Å². The van der Waals surface area contributed by atoms with Gasteiger partial charge in [-0.1, -0.05) is 24.3 Å².